The summed E-state index contributed by atoms with van der Waals surface area (Å²) in [6.07, 6.45) is 6.47. The topological polar surface area (TPSA) is 90.8 Å². The van der Waals surface area contributed by atoms with E-state index in [-0.39, 0.29) is 24.1 Å². The molecule has 1 aliphatic rings. The maximum atomic E-state index is 11.9. The molecule has 0 saturated heterocycles. The SMILES string of the molecule is O=C(CNC(=O)C1CCCCC1)N/N=C/c1cc(Br)ccc1O. The minimum atomic E-state index is -0.403. The highest BCUT2D eigenvalue weighted by Crippen LogP contribution is 2.23. The van der Waals surface area contributed by atoms with Crippen molar-refractivity contribution in [2.24, 2.45) is 11.0 Å². The van der Waals surface area contributed by atoms with Gasteiger partial charge >= 0.3 is 0 Å². The van der Waals surface area contributed by atoms with Gasteiger partial charge in [0.05, 0.1) is 12.8 Å². The molecule has 7 heteroatoms. The highest BCUT2D eigenvalue weighted by atomic mass is 79.9. The summed E-state index contributed by atoms with van der Waals surface area (Å²) in [4.78, 5) is 23.6. The number of carbonyl (C=O) groups excluding carboxylic acids is 2. The van der Waals surface area contributed by atoms with E-state index >= 15 is 0 Å². The van der Waals surface area contributed by atoms with Gasteiger partial charge < -0.3 is 10.4 Å². The molecular formula is C16H20BrN3O3. The summed E-state index contributed by atoms with van der Waals surface area (Å²) in [5.74, 6) is -0.371. The number of halogens is 1. The molecule has 1 fully saturated rings. The minimum Gasteiger partial charge on any atom is -0.507 e. The lowest BCUT2D eigenvalue weighted by atomic mass is 9.89. The molecule has 0 aliphatic heterocycles. The van der Waals surface area contributed by atoms with Gasteiger partial charge in [-0.3, -0.25) is 9.59 Å². The first-order chi connectivity index (χ1) is 11.1. The average Bonchev–Trinajstić information content (AvgIpc) is 2.56. The van der Waals surface area contributed by atoms with Crippen molar-refractivity contribution in [1.82, 2.24) is 10.7 Å². The molecule has 0 spiro atoms. The van der Waals surface area contributed by atoms with Gasteiger partial charge in [0.15, 0.2) is 0 Å². The van der Waals surface area contributed by atoms with Crippen molar-refractivity contribution in [3.05, 3.63) is 28.2 Å². The number of aromatic hydroxyl groups is 1. The Morgan fingerprint density at radius 2 is 2.04 bits per heavy atom. The normalized spacial score (nSPS) is 15.5. The van der Waals surface area contributed by atoms with Crippen LogP contribution in [0.25, 0.3) is 0 Å². The van der Waals surface area contributed by atoms with Crippen LogP contribution in [0.1, 0.15) is 37.7 Å². The van der Waals surface area contributed by atoms with E-state index in [1.165, 1.54) is 18.7 Å². The van der Waals surface area contributed by atoms with Gasteiger partial charge in [0.1, 0.15) is 5.75 Å². The number of hydrogen-bond acceptors (Lipinski definition) is 4. The van der Waals surface area contributed by atoms with Crippen LogP contribution < -0.4 is 10.7 Å². The van der Waals surface area contributed by atoms with Crippen LogP contribution in [-0.2, 0) is 9.59 Å². The third-order valence-corrected chi connectivity index (χ3v) is 4.27. The first-order valence-electron chi connectivity index (χ1n) is 7.64. The maximum Gasteiger partial charge on any atom is 0.259 e. The van der Waals surface area contributed by atoms with Crippen molar-refractivity contribution in [3.63, 3.8) is 0 Å². The van der Waals surface area contributed by atoms with E-state index in [2.05, 4.69) is 31.8 Å². The van der Waals surface area contributed by atoms with E-state index in [0.29, 0.717) is 5.56 Å². The quantitative estimate of drug-likeness (QED) is 0.539. The number of nitrogens with zero attached hydrogens (tertiary/aromatic N) is 1. The maximum absolute atomic E-state index is 11.9. The smallest absolute Gasteiger partial charge is 0.259 e. The third-order valence-electron chi connectivity index (χ3n) is 3.78. The van der Waals surface area contributed by atoms with Gasteiger partial charge in [-0.05, 0) is 31.0 Å². The van der Waals surface area contributed by atoms with Crippen molar-refractivity contribution >= 4 is 34.0 Å². The average molecular weight is 382 g/mol. The third kappa shape index (κ3) is 5.67. The van der Waals surface area contributed by atoms with Crippen molar-refractivity contribution in [1.29, 1.82) is 0 Å². The first-order valence-corrected chi connectivity index (χ1v) is 8.43. The van der Waals surface area contributed by atoms with Gasteiger partial charge in [-0.15, -0.1) is 0 Å². The lowest BCUT2D eigenvalue weighted by molar-refractivity contribution is -0.129. The molecule has 0 aromatic heterocycles. The summed E-state index contributed by atoms with van der Waals surface area (Å²) in [6.45, 7) is -0.100. The van der Waals surface area contributed by atoms with Crippen LogP contribution in [0.4, 0.5) is 0 Å². The molecule has 1 aliphatic carbocycles. The Morgan fingerprint density at radius 3 is 2.78 bits per heavy atom. The highest BCUT2D eigenvalue weighted by molar-refractivity contribution is 9.10. The van der Waals surface area contributed by atoms with Crippen LogP contribution in [0.15, 0.2) is 27.8 Å². The largest absolute Gasteiger partial charge is 0.507 e. The monoisotopic (exact) mass is 381 g/mol. The van der Waals surface area contributed by atoms with Crippen molar-refractivity contribution in [2.45, 2.75) is 32.1 Å². The van der Waals surface area contributed by atoms with Crippen LogP contribution in [0.5, 0.6) is 5.75 Å². The molecule has 124 valence electrons. The highest BCUT2D eigenvalue weighted by Gasteiger charge is 2.21. The Bertz CT molecular complexity index is 598. The molecule has 6 nitrogen and oxygen atoms in total. The minimum absolute atomic E-state index is 0.0265. The second-order valence-corrected chi connectivity index (χ2v) is 6.46. The van der Waals surface area contributed by atoms with Crippen LogP contribution in [-0.4, -0.2) is 29.7 Å². The van der Waals surface area contributed by atoms with Crippen LogP contribution in [0, 0.1) is 5.92 Å². The predicted molar refractivity (Wildman–Crippen MR) is 91.1 cm³/mol. The number of hydrazone groups is 1. The number of rotatable bonds is 5. The fraction of sp³-hybridized carbons (Fsp3) is 0.438. The summed E-state index contributed by atoms with van der Waals surface area (Å²) < 4.78 is 0.794. The van der Waals surface area contributed by atoms with Crippen LogP contribution in [0.2, 0.25) is 0 Å². The van der Waals surface area contributed by atoms with Gasteiger partial charge in [-0.1, -0.05) is 35.2 Å². The van der Waals surface area contributed by atoms with Crippen molar-refractivity contribution in [2.75, 3.05) is 6.54 Å². The Morgan fingerprint density at radius 1 is 1.30 bits per heavy atom. The predicted octanol–water partition coefficient (Wildman–Crippen LogP) is 2.30. The molecule has 0 bridgehead atoms. The second kappa shape index (κ2) is 8.67. The Balaban J connectivity index is 1.75. The lowest BCUT2D eigenvalue weighted by Gasteiger charge is -2.20. The fourth-order valence-electron chi connectivity index (χ4n) is 2.52. The summed E-state index contributed by atoms with van der Waals surface area (Å²) in [5, 5.41) is 16.1. The van der Waals surface area contributed by atoms with Gasteiger partial charge in [0, 0.05) is 16.0 Å². The summed E-state index contributed by atoms with van der Waals surface area (Å²) in [6, 6.07) is 4.90. The molecular weight excluding hydrogens is 362 g/mol. The number of carbonyl (C=O) groups is 2. The Labute approximate surface area is 143 Å². The number of nitrogens with one attached hydrogen (secondary N) is 2. The van der Waals surface area contributed by atoms with Gasteiger partial charge in [-0.2, -0.15) is 5.10 Å². The molecule has 3 N–H and O–H groups in total. The fourth-order valence-corrected chi connectivity index (χ4v) is 2.90. The summed E-state index contributed by atoms with van der Waals surface area (Å²) in [5.41, 5.74) is 2.80. The van der Waals surface area contributed by atoms with E-state index < -0.39 is 5.91 Å². The first kappa shape index (κ1) is 17.5. The molecule has 2 rings (SSSR count). The number of phenols is 1. The van der Waals surface area contributed by atoms with Gasteiger partial charge in [-0.25, -0.2) is 5.43 Å². The van der Waals surface area contributed by atoms with Crippen molar-refractivity contribution in [3.8, 4) is 5.75 Å². The van der Waals surface area contributed by atoms with E-state index in [1.807, 2.05) is 0 Å². The number of amides is 2. The second-order valence-electron chi connectivity index (χ2n) is 5.55. The zero-order valence-corrected chi connectivity index (χ0v) is 14.3. The van der Waals surface area contributed by atoms with Crippen LogP contribution in [0.3, 0.4) is 0 Å². The standard InChI is InChI=1S/C16H20BrN3O3/c17-13-6-7-14(21)12(8-13)9-19-20-15(22)10-18-16(23)11-4-2-1-3-5-11/h6-9,11,21H,1-5,10H2,(H,18,23)(H,20,22)/b19-9+. The molecule has 0 unspecified atom stereocenters. The van der Waals surface area contributed by atoms with Gasteiger partial charge in [0.2, 0.25) is 5.91 Å². The number of phenolic OH excluding ortho intramolecular Hbond substituents is 1. The van der Waals surface area contributed by atoms with E-state index in [1.54, 1.807) is 12.1 Å². The number of benzene rings is 1. The molecule has 0 atom stereocenters. The molecule has 0 heterocycles. The van der Waals surface area contributed by atoms with E-state index in [0.717, 1.165) is 30.2 Å². The van der Waals surface area contributed by atoms with Gasteiger partial charge in [0.25, 0.3) is 5.91 Å². The zero-order chi connectivity index (χ0) is 16.7. The molecule has 23 heavy (non-hydrogen) atoms. The summed E-state index contributed by atoms with van der Waals surface area (Å²) in [7, 11) is 0. The lowest BCUT2D eigenvalue weighted by Crippen LogP contribution is -2.38. The van der Waals surface area contributed by atoms with Crippen LogP contribution >= 0.6 is 15.9 Å². The molecule has 2 amide bonds. The van der Waals surface area contributed by atoms with E-state index in [4.69, 9.17) is 0 Å². The number of hydrogen-bond donors (Lipinski definition) is 3. The molecule has 0 radical (unpaired) electrons. The Kier molecular flexibility index (Phi) is 6.58. The molecule has 1 aromatic carbocycles. The zero-order valence-electron chi connectivity index (χ0n) is 12.7. The molecule has 1 aromatic rings. The van der Waals surface area contributed by atoms with Crippen molar-refractivity contribution < 1.29 is 14.7 Å². The molecule has 1 saturated carbocycles. The summed E-state index contributed by atoms with van der Waals surface area (Å²) >= 11 is 3.29. The Hall–Kier alpha value is -1.89. The van der Waals surface area contributed by atoms with E-state index in [9.17, 15) is 14.7 Å².